The van der Waals surface area contributed by atoms with Gasteiger partial charge >= 0.3 is 0 Å². The molecule has 1 heterocycles. The number of nitrogens with two attached hydrogens (primary N) is 1. The number of oxazole rings is 1. The van der Waals surface area contributed by atoms with Crippen LogP contribution >= 0.6 is 0 Å². The fraction of sp³-hybridized carbons (Fsp3) is 0.533. The first-order valence-electron chi connectivity index (χ1n) is 6.56. The van der Waals surface area contributed by atoms with Gasteiger partial charge in [0.2, 0.25) is 0 Å². The number of hydrogen-bond donors (Lipinski definition) is 1. The van der Waals surface area contributed by atoms with Crippen LogP contribution in [-0.2, 0) is 5.41 Å². The van der Waals surface area contributed by atoms with Crippen molar-refractivity contribution in [3.63, 3.8) is 0 Å². The van der Waals surface area contributed by atoms with Crippen LogP contribution < -0.4 is 5.73 Å². The van der Waals surface area contributed by atoms with Crippen molar-refractivity contribution < 1.29 is 4.42 Å². The summed E-state index contributed by atoms with van der Waals surface area (Å²) in [6, 6.07) is 6.24. The van der Waals surface area contributed by atoms with Gasteiger partial charge in [0.25, 0.3) is 0 Å². The van der Waals surface area contributed by atoms with Crippen molar-refractivity contribution in [2.75, 3.05) is 6.54 Å². The van der Waals surface area contributed by atoms with Crippen molar-refractivity contribution in [1.82, 2.24) is 4.98 Å². The zero-order valence-corrected chi connectivity index (χ0v) is 11.7. The fourth-order valence-corrected chi connectivity index (χ4v) is 2.03. The zero-order chi connectivity index (χ0) is 13.3. The smallest absolute Gasteiger partial charge is 0.199 e. The lowest BCUT2D eigenvalue weighted by molar-refractivity contribution is 0.465. The molecule has 98 valence electrons. The Balaban J connectivity index is 2.46. The number of nitrogens with zero attached hydrogens (tertiary/aromatic N) is 1. The average Bonchev–Trinajstić information content (AvgIpc) is 2.71. The molecule has 3 nitrogen and oxygen atoms in total. The first-order valence-corrected chi connectivity index (χ1v) is 6.56. The van der Waals surface area contributed by atoms with Gasteiger partial charge in [-0.3, -0.25) is 0 Å². The Kier molecular flexibility index (Phi) is 3.44. The van der Waals surface area contributed by atoms with Gasteiger partial charge in [0.15, 0.2) is 11.5 Å². The maximum atomic E-state index is 5.79. The van der Waals surface area contributed by atoms with Gasteiger partial charge in [-0.05, 0) is 29.5 Å². The first-order chi connectivity index (χ1) is 8.45. The molecule has 2 N–H and O–H groups in total. The Morgan fingerprint density at radius 2 is 2.06 bits per heavy atom. The Morgan fingerprint density at radius 3 is 2.61 bits per heavy atom. The second-order valence-corrected chi connectivity index (χ2v) is 5.83. The van der Waals surface area contributed by atoms with Crippen LogP contribution in [0.4, 0.5) is 0 Å². The van der Waals surface area contributed by atoms with Crippen LogP contribution in [0.2, 0.25) is 0 Å². The van der Waals surface area contributed by atoms with E-state index >= 15 is 0 Å². The maximum Gasteiger partial charge on any atom is 0.199 e. The van der Waals surface area contributed by atoms with Crippen molar-refractivity contribution in [2.45, 2.75) is 45.4 Å². The molecular formula is C15H22N2O. The lowest BCUT2D eigenvalue weighted by Gasteiger charge is -2.18. The van der Waals surface area contributed by atoms with Gasteiger partial charge in [-0.1, -0.05) is 33.8 Å². The molecule has 1 aromatic carbocycles. The third kappa shape index (κ3) is 2.41. The van der Waals surface area contributed by atoms with Crippen LogP contribution in [0.3, 0.4) is 0 Å². The van der Waals surface area contributed by atoms with Crippen LogP contribution in [0, 0.1) is 0 Å². The van der Waals surface area contributed by atoms with Crippen molar-refractivity contribution in [2.24, 2.45) is 5.73 Å². The number of rotatable bonds is 3. The normalized spacial score (nSPS) is 14.1. The molecule has 0 fully saturated rings. The van der Waals surface area contributed by atoms with Gasteiger partial charge in [0.05, 0.1) is 0 Å². The van der Waals surface area contributed by atoms with Crippen molar-refractivity contribution >= 4 is 11.1 Å². The minimum absolute atomic E-state index is 0.130. The van der Waals surface area contributed by atoms with Crippen LogP contribution in [0.1, 0.15) is 51.5 Å². The molecule has 0 radical (unpaired) electrons. The van der Waals surface area contributed by atoms with Crippen molar-refractivity contribution in [3.8, 4) is 0 Å². The lowest BCUT2D eigenvalue weighted by Crippen LogP contribution is -2.11. The molecular weight excluding hydrogens is 224 g/mol. The van der Waals surface area contributed by atoms with E-state index in [1.165, 1.54) is 5.56 Å². The Labute approximate surface area is 108 Å². The Morgan fingerprint density at radius 1 is 1.33 bits per heavy atom. The molecule has 18 heavy (non-hydrogen) atoms. The van der Waals surface area contributed by atoms with Crippen molar-refractivity contribution in [1.29, 1.82) is 0 Å². The van der Waals surface area contributed by atoms with E-state index in [1.54, 1.807) is 0 Å². The highest BCUT2D eigenvalue weighted by Crippen LogP contribution is 2.28. The van der Waals surface area contributed by atoms with E-state index in [-0.39, 0.29) is 11.3 Å². The van der Waals surface area contributed by atoms with E-state index in [4.69, 9.17) is 10.2 Å². The molecule has 0 spiro atoms. The van der Waals surface area contributed by atoms with Gasteiger partial charge in [-0.2, -0.15) is 0 Å². The van der Waals surface area contributed by atoms with Gasteiger partial charge in [0.1, 0.15) is 5.52 Å². The molecule has 0 bridgehead atoms. The Bertz CT molecular complexity index is 533. The Hall–Kier alpha value is -1.35. The molecule has 0 aliphatic heterocycles. The molecule has 1 aromatic heterocycles. The standard InChI is InChI=1S/C15H22N2O/c1-5-10(9-16)14-17-12-8-11(15(2,3)4)6-7-13(12)18-14/h6-8,10H,5,9,16H2,1-4H3. The highest BCUT2D eigenvalue weighted by atomic mass is 16.3. The van der Waals surface area contributed by atoms with Crippen LogP contribution in [0.15, 0.2) is 22.6 Å². The maximum absolute atomic E-state index is 5.79. The molecule has 3 heteroatoms. The summed E-state index contributed by atoms with van der Waals surface area (Å²) >= 11 is 0. The summed E-state index contributed by atoms with van der Waals surface area (Å²) in [7, 11) is 0. The molecule has 0 saturated heterocycles. The monoisotopic (exact) mass is 246 g/mol. The lowest BCUT2D eigenvalue weighted by atomic mass is 9.87. The number of hydrogen-bond acceptors (Lipinski definition) is 3. The summed E-state index contributed by atoms with van der Waals surface area (Å²) in [4.78, 5) is 4.58. The van der Waals surface area contributed by atoms with E-state index in [0.717, 1.165) is 23.4 Å². The molecule has 2 rings (SSSR count). The van der Waals surface area contributed by atoms with Gasteiger partial charge in [0, 0.05) is 12.5 Å². The predicted molar refractivity (Wildman–Crippen MR) is 74.8 cm³/mol. The molecule has 0 aliphatic carbocycles. The van der Waals surface area contributed by atoms with E-state index < -0.39 is 0 Å². The largest absolute Gasteiger partial charge is 0.440 e. The minimum atomic E-state index is 0.130. The summed E-state index contributed by atoms with van der Waals surface area (Å²) in [6.45, 7) is 9.28. The third-order valence-corrected chi connectivity index (χ3v) is 3.40. The minimum Gasteiger partial charge on any atom is -0.440 e. The summed E-state index contributed by atoms with van der Waals surface area (Å²) in [6.07, 6.45) is 0.954. The second-order valence-electron chi connectivity index (χ2n) is 5.83. The van der Waals surface area contributed by atoms with E-state index in [2.05, 4.69) is 44.8 Å². The number of aromatic nitrogens is 1. The number of fused-ring (bicyclic) bond motifs is 1. The molecule has 2 aromatic rings. The molecule has 0 amide bonds. The van der Waals surface area contributed by atoms with Gasteiger partial charge in [-0.15, -0.1) is 0 Å². The summed E-state index contributed by atoms with van der Waals surface area (Å²) < 4.78 is 5.79. The molecule has 1 unspecified atom stereocenters. The van der Waals surface area contributed by atoms with Crippen LogP contribution in [0.25, 0.3) is 11.1 Å². The van der Waals surface area contributed by atoms with Crippen LogP contribution in [-0.4, -0.2) is 11.5 Å². The predicted octanol–water partition coefficient (Wildman–Crippen LogP) is 3.58. The highest BCUT2D eigenvalue weighted by Gasteiger charge is 2.18. The average molecular weight is 246 g/mol. The number of benzene rings is 1. The van der Waals surface area contributed by atoms with Gasteiger partial charge in [-0.25, -0.2) is 4.98 Å². The topological polar surface area (TPSA) is 52.0 Å². The SMILES string of the molecule is CCC(CN)c1nc2cc(C(C)(C)C)ccc2o1. The second kappa shape index (κ2) is 4.73. The summed E-state index contributed by atoms with van der Waals surface area (Å²) in [5, 5.41) is 0. The molecule has 0 aliphatic rings. The third-order valence-electron chi connectivity index (χ3n) is 3.40. The molecule has 0 saturated carbocycles. The zero-order valence-electron chi connectivity index (χ0n) is 11.7. The molecule has 1 atom stereocenters. The summed E-state index contributed by atoms with van der Waals surface area (Å²) in [5.74, 6) is 0.983. The fourth-order valence-electron chi connectivity index (χ4n) is 2.03. The highest BCUT2D eigenvalue weighted by molar-refractivity contribution is 5.73. The van der Waals surface area contributed by atoms with Crippen molar-refractivity contribution in [3.05, 3.63) is 29.7 Å². The first kappa shape index (κ1) is 13.1. The quantitative estimate of drug-likeness (QED) is 0.900. The van der Waals surface area contributed by atoms with E-state index in [9.17, 15) is 0 Å². The van der Waals surface area contributed by atoms with E-state index in [1.807, 2.05) is 6.07 Å². The van der Waals surface area contributed by atoms with E-state index in [0.29, 0.717) is 6.54 Å². The van der Waals surface area contributed by atoms with Gasteiger partial charge < -0.3 is 10.2 Å². The summed E-state index contributed by atoms with van der Waals surface area (Å²) in [5.41, 5.74) is 8.93. The van der Waals surface area contributed by atoms with Crippen LogP contribution in [0.5, 0.6) is 0 Å².